The van der Waals surface area contributed by atoms with Crippen molar-refractivity contribution in [3.63, 3.8) is 0 Å². The molecule has 4 nitrogen and oxygen atoms in total. The van der Waals surface area contributed by atoms with E-state index in [1.165, 1.54) is 24.1 Å². The average Bonchev–Trinajstić information content (AvgIpc) is 3.32. The number of rotatable bonds is 3. The van der Waals surface area contributed by atoms with Crippen LogP contribution in [0.2, 0.25) is 0 Å². The van der Waals surface area contributed by atoms with Crippen LogP contribution in [0.25, 0.3) is 0 Å². The highest BCUT2D eigenvalue weighted by molar-refractivity contribution is 7.12. The Morgan fingerprint density at radius 3 is 2.50 bits per heavy atom. The van der Waals surface area contributed by atoms with Crippen LogP contribution in [-0.2, 0) is 0 Å². The summed E-state index contributed by atoms with van der Waals surface area (Å²) in [4.78, 5) is 22.1. The van der Waals surface area contributed by atoms with E-state index in [0.29, 0.717) is 5.92 Å². The zero-order chi connectivity index (χ0) is 14.9. The number of carbonyl (C=O) groups excluding carboxylic acids is 1. The smallest absolute Gasteiger partial charge is 0.264 e. The predicted molar refractivity (Wildman–Crippen MR) is 88.6 cm³/mol. The first-order valence-electron chi connectivity index (χ1n) is 7.84. The van der Waals surface area contributed by atoms with Gasteiger partial charge in [-0.05, 0) is 47.9 Å². The van der Waals surface area contributed by atoms with Crippen molar-refractivity contribution in [1.29, 1.82) is 0 Å². The number of pyridine rings is 1. The first-order chi connectivity index (χ1) is 10.8. The molecule has 2 fully saturated rings. The molecule has 1 amide bonds. The maximum atomic E-state index is 12.8. The van der Waals surface area contributed by atoms with E-state index in [-0.39, 0.29) is 5.91 Å². The van der Waals surface area contributed by atoms with Crippen molar-refractivity contribution >= 4 is 22.9 Å². The number of thiophene rings is 1. The molecule has 2 aromatic rings. The van der Waals surface area contributed by atoms with Gasteiger partial charge in [-0.2, -0.15) is 0 Å². The highest BCUT2D eigenvalue weighted by atomic mass is 32.1. The molecule has 5 heteroatoms. The van der Waals surface area contributed by atoms with Crippen LogP contribution < -0.4 is 4.90 Å². The van der Waals surface area contributed by atoms with Gasteiger partial charge in [0.15, 0.2) is 0 Å². The van der Waals surface area contributed by atoms with Crippen LogP contribution in [0.3, 0.4) is 0 Å². The Hall–Kier alpha value is -1.88. The van der Waals surface area contributed by atoms with E-state index in [9.17, 15) is 4.79 Å². The summed E-state index contributed by atoms with van der Waals surface area (Å²) in [6, 6.07) is 6.20. The molecule has 1 saturated heterocycles. The number of piperazine rings is 1. The molecule has 22 heavy (non-hydrogen) atoms. The molecule has 0 unspecified atom stereocenters. The molecule has 0 atom stereocenters. The third kappa shape index (κ3) is 2.61. The molecule has 0 aromatic carbocycles. The zero-order valence-electron chi connectivity index (χ0n) is 12.4. The minimum absolute atomic E-state index is 0.228. The summed E-state index contributed by atoms with van der Waals surface area (Å²) in [6.45, 7) is 3.37. The number of anilines is 1. The molecular formula is C17H19N3OS. The highest BCUT2D eigenvalue weighted by Gasteiger charge is 2.31. The molecule has 0 spiro atoms. The number of hydrogen-bond donors (Lipinski definition) is 0. The van der Waals surface area contributed by atoms with Crippen LogP contribution in [0, 0.1) is 0 Å². The number of hydrogen-bond acceptors (Lipinski definition) is 4. The summed E-state index contributed by atoms with van der Waals surface area (Å²) in [6.07, 6.45) is 6.13. The third-order valence-electron chi connectivity index (χ3n) is 4.50. The lowest BCUT2D eigenvalue weighted by atomic mass is 10.1. The van der Waals surface area contributed by atoms with Gasteiger partial charge in [-0.15, -0.1) is 11.3 Å². The fraction of sp³-hybridized carbons (Fsp3) is 0.412. The normalized spacial score (nSPS) is 18.5. The highest BCUT2D eigenvalue weighted by Crippen LogP contribution is 2.43. The van der Waals surface area contributed by atoms with Gasteiger partial charge in [-0.25, -0.2) is 0 Å². The van der Waals surface area contributed by atoms with E-state index >= 15 is 0 Å². The topological polar surface area (TPSA) is 36.4 Å². The molecule has 2 aromatic heterocycles. The van der Waals surface area contributed by atoms with Crippen molar-refractivity contribution in [3.8, 4) is 0 Å². The molecule has 3 heterocycles. The number of nitrogens with zero attached hydrogens (tertiary/aromatic N) is 3. The van der Waals surface area contributed by atoms with Crippen molar-refractivity contribution in [2.75, 3.05) is 31.1 Å². The zero-order valence-corrected chi connectivity index (χ0v) is 13.3. The Morgan fingerprint density at radius 1 is 1.09 bits per heavy atom. The van der Waals surface area contributed by atoms with Gasteiger partial charge >= 0.3 is 0 Å². The Morgan fingerprint density at radius 2 is 1.82 bits per heavy atom. The quantitative estimate of drug-likeness (QED) is 0.874. The lowest BCUT2D eigenvalue weighted by Crippen LogP contribution is -2.48. The van der Waals surface area contributed by atoms with Crippen LogP contribution in [0.1, 0.15) is 34.0 Å². The Bertz CT molecular complexity index is 658. The molecule has 1 aliphatic carbocycles. The van der Waals surface area contributed by atoms with Crippen molar-refractivity contribution < 1.29 is 4.79 Å². The van der Waals surface area contributed by atoms with E-state index in [4.69, 9.17) is 0 Å². The molecule has 4 rings (SSSR count). The Kier molecular flexibility index (Phi) is 3.58. The van der Waals surface area contributed by atoms with Crippen LogP contribution in [0.5, 0.6) is 0 Å². The van der Waals surface area contributed by atoms with E-state index in [1.54, 1.807) is 11.3 Å². The second kappa shape index (κ2) is 5.72. The largest absolute Gasteiger partial charge is 0.368 e. The van der Waals surface area contributed by atoms with Gasteiger partial charge in [-0.3, -0.25) is 9.78 Å². The monoisotopic (exact) mass is 313 g/mol. The predicted octanol–water partition coefficient (Wildman–Crippen LogP) is 2.98. The fourth-order valence-corrected chi connectivity index (χ4v) is 4.03. The third-order valence-corrected chi connectivity index (χ3v) is 5.42. The maximum absolute atomic E-state index is 12.8. The summed E-state index contributed by atoms with van der Waals surface area (Å²) in [7, 11) is 0. The lowest BCUT2D eigenvalue weighted by Gasteiger charge is -2.36. The molecular weight excluding hydrogens is 294 g/mol. The van der Waals surface area contributed by atoms with Crippen LogP contribution in [0.4, 0.5) is 5.69 Å². The van der Waals surface area contributed by atoms with Gasteiger partial charge in [0.1, 0.15) is 0 Å². The first-order valence-corrected chi connectivity index (χ1v) is 8.72. The van der Waals surface area contributed by atoms with Crippen molar-refractivity contribution in [3.05, 3.63) is 46.4 Å². The van der Waals surface area contributed by atoms with Crippen LogP contribution >= 0.6 is 11.3 Å². The average molecular weight is 313 g/mol. The van der Waals surface area contributed by atoms with E-state index in [2.05, 4.69) is 21.3 Å². The van der Waals surface area contributed by atoms with E-state index in [0.717, 1.165) is 31.1 Å². The fourth-order valence-electron chi connectivity index (χ4n) is 3.08. The maximum Gasteiger partial charge on any atom is 0.264 e. The SMILES string of the molecule is O=C(c1sccc1C1CC1)N1CCN(c2ccncc2)CC1. The van der Waals surface area contributed by atoms with Gasteiger partial charge in [0.05, 0.1) is 4.88 Å². The minimum Gasteiger partial charge on any atom is -0.368 e. The summed E-state index contributed by atoms with van der Waals surface area (Å²) in [5, 5.41) is 2.06. The number of aromatic nitrogens is 1. The standard InChI is InChI=1S/C17H19N3OS/c21-17(16-15(5-12-22-16)13-1-2-13)20-10-8-19(9-11-20)14-3-6-18-7-4-14/h3-7,12-13H,1-2,8-11H2. The molecule has 0 bridgehead atoms. The molecule has 1 aliphatic heterocycles. The van der Waals surface area contributed by atoms with E-state index < -0.39 is 0 Å². The Labute approximate surface area is 134 Å². The first kappa shape index (κ1) is 13.8. The molecule has 1 saturated carbocycles. The molecule has 114 valence electrons. The number of carbonyl (C=O) groups is 1. The van der Waals surface area contributed by atoms with E-state index in [1.807, 2.05) is 29.4 Å². The van der Waals surface area contributed by atoms with Crippen LogP contribution in [-0.4, -0.2) is 42.0 Å². The van der Waals surface area contributed by atoms with Crippen LogP contribution in [0.15, 0.2) is 36.0 Å². The number of amides is 1. The van der Waals surface area contributed by atoms with Gasteiger partial charge < -0.3 is 9.80 Å². The van der Waals surface area contributed by atoms with Gasteiger partial charge in [0, 0.05) is 44.3 Å². The van der Waals surface area contributed by atoms with Gasteiger partial charge in [0.2, 0.25) is 0 Å². The lowest BCUT2D eigenvalue weighted by molar-refractivity contribution is 0.0750. The van der Waals surface area contributed by atoms with Crippen molar-refractivity contribution in [2.24, 2.45) is 0 Å². The minimum atomic E-state index is 0.228. The molecule has 2 aliphatic rings. The summed E-state index contributed by atoms with van der Waals surface area (Å²) < 4.78 is 0. The summed E-state index contributed by atoms with van der Waals surface area (Å²) >= 11 is 1.60. The van der Waals surface area contributed by atoms with Gasteiger partial charge in [0.25, 0.3) is 5.91 Å². The second-order valence-corrected chi connectivity index (χ2v) is 6.88. The molecule has 0 N–H and O–H groups in total. The van der Waals surface area contributed by atoms with Crippen molar-refractivity contribution in [1.82, 2.24) is 9.88 Å². The summed E-state index contributed by atoms with van der Waals surface area (Å²) in [5.41, 5.74) is 2.48. The Balaban J connectivity index is 1.43. The van der Waals surface area contributed by atoms with Gasteiger partial charge in [-0.1, -0.05) is 0 Å². The van der Waals surface area contributed by atoms with Crippen molar-refractivity contribution in [2.45, 2.75) is 18.8 Å². The summed E-state index contributed by atoms with van der Waals surface area (Å²) in [5.74, 6) is 0.870. The second-order valence-electron chi connectivity index (χ2n) is 5.96. The molecule has 0 radical (unpaired) electrons.